The van der Waals surface area contributed by atoms with E-state index in [9.17, 15) is 50.1 Å². The maximum atomic E-state index is 14.3. The number of amides is 1. The van der Waals surface area contributed by atoms with Crippen LogP contribution in [0.15, 0.2) is 18.2 Å². The van der Waals surface area contributed by atoms with Gasteiger partial charge < -0.3 is 19.7 Å². The van der Waals surface area contributed by atoms with E-state index in [2.05, 4.69) is 15.2 Å². The Morgan fingerprint density at radius 2 is 1.63 bits per heavy atom. The van der Waals surface area contributed by atoms with Crippen LogP contribution in [0.25, 0.3) is 21.3 Å². The first kappa shape index (κ1) is 34.3. The molecule has 0 saturated heterocycles. The zero-order valence-electron chi connectivity index (χ0n) is 23.8. The third-order valence-electron chi connectivity index (χ3n) is 6.56. The van der Waals surface area contributed by atoms with Crippen LogP contribution in [-0.4, -0.2) is 65.7 Å². The van der Waals surface area contributed by atoms with Crippen LogP contribution in [0, 0.1) is 0 Å². The van der Waals surface area contributed by atoms with Crippen LogP contribution >= 0.6 is 11.3 Å². The largest absolute Gasteiger partial charge is 0.430 e. The number of thiazole rings is 1. The Morgan fingerprint density at radius 3 is 2.07 bits per heavy atom. The van der Waals surface area contributed by atoms with Crippen molar-refractivity contribution in [1.82, 2.24) is 24.6 Å². The third-order valence-corrected chi connectivity index (χ3v) is 7.65. The smallest absolute Gasteiger partial charge is 0.382 e. The van der Waals surface area contributed by atoms with Crippen LogP contribution in [0.5, 0.6) is 0 Å². The topological polar surface area (TPSA) is 104 Å². The van der Waals surface area contributed by atoms with Crippen molar-refractivity contribution < 1.29 is 50.1 Å². The molecule has 43 heavy (non-hydrogen) atoms. The van der Waals surface area contributed by atoms with Gasteiger partial charge in [-0.2, -0.15) is 26.3 Å². The Hall–Kier alpha value is -3.18. The van der Waals surface area contributed by atoms with E-state index in [0.29, 0.717) is 23.8 Å². The number of nitrogens with zero attached hydrogens (tertiary/aromatic N) is 5. The first-order valence-electron chi connectivity index (χ1n) is 12.8. The number of alkyl halides is 8. The molecule has 2 heterocycles. The summed E-state index contributed by atoms with van der Waals surface area (Å²) in [5.74, 6) is -0.642. The van der Waals surface area contributed by atoms with Gasteiger partial charge in [-0.25, -0.2) is 13.8 Å². The number of hydrogen-bond donors (Lipinski definition) is 2. The van der Waals surface area contributed by atoms with Gasteiger partial charge in [0, 0.05) is 36.3 Å². The maximum absolute atomic E-state index is 14.3. The molecule has 1 aromatic carbocycles. The van der Waals surface area contributed by atoms with Crippen molar-refractivity contribution in [3.63, 3.8) is 0 Å². The van der Waals surface area contributed by atoms with Gasteiger partial charge in [-0.15, -0.1) is 21.5 Å². The Bertz CT molecular complexity index is 1460. The minimum atomic E-state index is -6.30. The molecule has 0 unspecified atom stereocenters. The van der Waals surface area contributed by atoms with Gasteiger partial charge in [0.05, 0.1) is 4.88 Å². The maximum Gasteiger partial charge on any atom is 0.430 e. The summed E-state index contributed by atoms with van der Waals surface area (Å²) >= 11 is 0.632. The highest BCUT2D eigenvalue weighted by Gasteiger charge is 2.71. The zero-order valence-corrected chi connectivity index (χ0v) is 24.6. The van der Waals surface area contributed by atoms with E-state index < -0.39 is 64.3 Å². The molecule has 0 aliphatic carbocycles. The molecule has 0 aliphatic heterocycles. The van der Waals surface area contributed by atoms with Crippen LogP contribution in [0.4, 0.5) is 35.1 Å². The summed E-state index contributed by atoms with van der Waals surface area (Å²) in [4.78, 5) is 19.1. The van der Waals surface area contributed by atoms with Crippen LogP contribution in [-0.2, 0) is 18.2 Å². The quantitative estimate of drug-likeness (QED) is 0.264. The number of benzene rings is 1. The summed E-state index contributed by atoms with van der Waals surface area (Å²) < 4.78 is 111. The van der Waals surface area contributed by atoms with Crippen molar-refractivity contribution in [1.29, 1.82) is 0 Å². The van der Waals surface area contributed by atoms with Crippen molar-refractivity contribution in [2.24, 2.45) is 7.05 Å². The molecular weight excluding hydrogens is 614 g/mol. The lowest BCUT2D eigenvalue weighted by Gasteiger charge is -2.33. The van der Waals surface area contributed by atoms with Crippen LogP contribution < -0.4 is 0 Å². The standard InChI is InChI=1S/C26H29F8N5O3S/c1-7-10-39(12(2)3)21(40)16-17(43-20(35-16)19-36-37-22(38(19)6)23(4,5)41)14-9-8-13(11-15(14)18(27)28)24(42,25(29,30)31)26(32,33)34/h8-9,11-12,18,41-42H,7,10H2,1-6H3. The van der Waals surface area contributed by atoms with Crippen molar-refractivity contribution in [2.75, 3.05) is 6.54 Å². The lowest BCUT2D eigenvalue weighted by Crippen LogP contribution is -2.54. The lowest BCUT2D eigenvalue weighted by molar-refractivity contribution is -0.376. The lowest BCUT2D eigenvalue weighted by atomic mass is 9.89. The minimum Gasteiger partial charge on any atom is -0.382 e. The second-order valence-electron chi connectivity index (χ2n) is 10.6. The van der Waals surface area contributed by atoms with Crippen LogP contribution in [0.3, 0.4) is 0 Å². The molecule has 0 fully saturated rings. The fourth-order valence-corrected chi connectivity index (χ4v) is 5.55. The van der Waals surface area contributed by atoms with E-state index >= 15 is 0 Å². The Labute approximate surface area is 245 Å². The highest BCUT2D eigenvalue weighted by Crippen LogP contribution is 2.51. The zero-order chi connectivity index (χ0) is 32.9. The summed E-state index contributed by atoms with van der Waals surface area (Å²) in [6.45, 7) is 8.23. The molecular formula is C26H29F8N5O3S. The van der Waals surface area contributed by atoms with Crippen molar-refractivity contribution in [3.05, 3.63) is 40.8 Å². The Balaban J connectivity index is 2.36. The van der Waals surface area contributed by atoms with E-state index in [1.54, 1.807) is 20.8 Å². The SMILES string of the molecule is CCCN(C(=O)c1nc(-c2nnc(C(C)(C)O)n2C)sc1-c1ccc(C(O)(C(F)(F)F)C(F)(F)F)cc1C(F)F)C(C)C. The average molecular weight is 644 g/mol. The average Bonchev–Trinajstić information content (AvgIpc) is 3.48. The second-order valence-corrected chi connectivity index (χ2v) is 11.6. The summed E-state index contributed by atoms with van der Waals surface area (Å²) in [6.07, 6.45) is -15.7. The molecule has 0 atom stereocenters. The predicted molar refractivity (Wildman–Crippen MR) is 140 cm³/mol. The predicted octanol–water partition coefficient (Wildman–Crippen LogP) is 6.34. The van der Waals surface area contributed by atoms with E-state index in [4.69, 9.17) is 0 Å². The number of aliphatic hydroxyl groups is 2. The molecule has 2 aromatic heterocycles. The first-order valence-corrected chi connectivity index (χ1v) is 13.6. The van der Waals surface area contributed by atoms with Crippen LogP contribution in [0.1, 0.15) is 74.9 Å². The van der Waals surface area contributed by atoms with Gasteiger partial charge in [0.15, 0.2) is 16.7 Å². The second kappa shape index (κ2) is 11.7. The van der Waals surface area contributed by atoms with E-state index in [-0.39, 0.29) is 40.2 Å². The summed E-state index contributed by atoms with van der Waals surface area (Å²) in [6, 6.07) is 0.325. The minimum absolute atomic E-state index is 0.00717. The monoisotopic (exact) mass is 643 g/mol. The summed E-state index contributed by atoms with van der Waals surface area (Å²) in [7, 11) is 1.47. The molecule has 0 radical (unpaired) electrons. The number of hydrogen-bond acceptors (Lipinski definition) is 7. The number of halogens is 8. The first-order chi connectivity index (χ1) is 19.6. The van der Waals surface area contributed by atoms with E-state index in [0.717, 1.165) is 0 Å². The third kappa shape index (κ3) is 6.24. The fourth-order valence-electron chi connectivity index (χ4n) is 4.43. The molecule has 8 nitrogen and oxygen atoms in total. The normalized spacial score (nSPS) is 13.3. The van der Waals surface area contributed by atoms with E-state index in [1.807, 2.05) is 0 Å². The van der Waals surface area contributed by atoms with Gasteiger partial charge in [0.1, 0.15) is 11.3 Å². The molecule has 2 N–H and O–H groups in total. The molecule has 238 valence electrons. The number of carbonyl (C=O) groups is 1. The van der Waals surface area contributed by atoms with Gasteiger partial charge in [-0.1, -0.05) is 19.1 Å². The summed E-state index contributed by atoms with van der Waals surface area (Å²) in [5, 5.41) is 28.0. The Morgan fingerprint density at radius 1 is 1.05 bits per heavy atom. The summed E-state index contributed by atoms with van der Waals surface area (Å²) in [5.41, 5.74) is -11.0. The van der Waals surface area contributed by atoms with Crippen molar-refractivity contribution >= 4 is 17.2 Å². The Kier molecular flexibility index (Phi) is 9.36. The molecule has 0 saturated carbocycles. The van der Waals surface area contributed by atoms with Crippen molar-refractivity contribution in [2.45, 2.75) is 77.1 Å². The van der Waals surface area contributed by atoms with Crippen LogP contribution in [0.2, 0.25) is 0 Å². The molecule has 1 amide bonds. The number of aromatic nitrogens is 4. The van der Waals surface area contributed by atoms with E-state index in [1.165, 1.54) is 30.4 Å². The fraction of sp³-hybridized carbons (Fsp3) is 0.538. The van der Waals surface area contributed by atoms with Gasteiger partial charge >= 0.3 is 12.4 Å². The molecule has 3 aromatic rings. The van der Waals surface area contributed by atoms with Gasteiger partial charge in [0.2, 0.25) is 0 Å². The molecule has 0 spiro atoms. The molecule has 17 heteroatoms. The highest BCUT2D eigenvalue weighted by atomic mass is 32.1. The molecule has 0 aliphatic rings. The molecule has 3 rings (SSSR count). The van der Waals surface area contributed by atoms with Gasteiger partial charge in [-0.3, -0.25) is 4.79 Å². The molecule has 0 bridgehead atoms. The number of rotatable bonds is 9. The highest BCUT2D eigenvalue weighted by molar-refractivity contribution is 7.18. The number of carbonyl (C=O) groups excluding carboxylic acids is 1. The van der Waals surface area contributed by atoms with Gasteiger partial charge in [-0.05, 0) is 40.2 Å². The van der Waals surface area contributed by atoms with Gasteiger partial charge in [0.25, 0.3) is 17.9 Å². The van der Waals surface area contributed by atoms with Crippen molar-refractivity contribution in [3.8, 4) is 21.3 Å².